The van der Waals surface area contributed by atoms with Gasteiger partial charge >= 0.3 is 5.97 Å². The van der Waals surface area contributed by atoms with Crippen LogP contribution in [0, 0.1) is 13.8 Å². The van der Waals surface area contributed by atoms with Crippen LogP contribution in [0.4, 0.5) is 11.4 Å². The maximum Gasteiger partial charge on any atom is 0.338 e. The quantitative estimate of drug-likeness (QED) is 0.314. The highest BCUT2D eigenvalue weighted by Gasteiger charge is 2.30. The molecule has 0 aliphatic carbocycles. The Morgan fingerprint density at radius 1 is 0.865 bits per heavy atom. The van der Waals surface area contributed by atoms with E-state index in [9.17, 15) is 18.0 Å². The lowest BCUT2D eigenvalue weighted by atomic mass is 10.1. The number of aryl methyl sites for hydroxylation is 1. The van der Waals surface area contributed by atoms with Gasteiger partial charge in [-0.25, -0.2) is 13.2 Å². The number of fused-ring (bicyclic) bond motifs is 1. The Morgan fingerprint density at radius 2 is 1.54 bits per heavy atom. The zero-order valence-corrected chi connectivity index (χ0v) is 21.7. The van der Waals surface area contributed by atoms with E-state index >= 15 is 0 Å². The molecule has 0 heterocycles. The lowest BCUT2D eigenvalue weighted by molar-refractivity contribution is -0.114. The molecule has 0 aromatic heterocycles. The van der Waals surface area contributed by atoms with E-state index in [4.69, 9.17) is 4.74 Å². The summed E-state index contributed by atoms with van der Waals surface area (Å²) in [6.07, 6.45) is 0. The van der Waals surface area contributed by atoms with Gasteiger partial charge < -0.3 is 10.1 Å². The molecule has 8 heteroatoms. The Morgan fingerprint density at radius 3 is 2.27 bits per heavy atom. The summed E-state index contributed by atoms with van der Waals surface area (Å²) in [5.41, 5.74) is 2.89. The van der Waals surface area contributed by atoms with Gasteiger partial charge in [0.05, 0.1) is 22.8 Å². The summed E-state index contributed by atoms with van der Waals surface area (Å²) in [5.74, 6) is -0.976. The highest BCUT2D eigenvalue weighted by Crippen LogP contribution is 2.32. The smallest absolute Gasteiger partial charge is 0.338 e. The van der Waals surface area contributed by atoms with E-state index in [0.29, 0.717) is 22.3 Å². The fraction of sp³-hybridized carbons (Fsp3) is 0.172. The van der Waals surface area contributed by atoms with Gasteiger partial charge in [-0.15, -0.1) is 0 Å². The van der Waals surface area contributed by atoms with Gasteiger partial charge in [0.1, 0.15) is 6.54 Å². The molecule has 190 valence electrons. The molecule has 1 amide bonds. The molecule has 0 atom stereocenters. The summed E-state index contributed by atoms with van der Waals surface area (Å²) in [6.45, 7) is 5.28. The van der Waals surface area contributed by atoms with Gasteiger partial charge in [-0.3, -0.25) is 9.10 Å². The third-order valence-corrected chi connectivity index (χ3v) is 7.95. The number of rotatable bonds is 8. The predicted molar refractivity (Wildman–Crippen MR) is 145 cm³/mol. The molecule has 0 saturated heterocycles. The number of benzene rings is 4. The van der Waals surface area contributed by atoms with E-state index in [1.807, 2.05) is 38.1 Å². The van der Waals surface area contributed by atoms with Gasteiger partial charge in [0, 0.05) is 11.1 Å². The average molecular weight is 517 g/mol. The van der Waals surface area contributed by atoms with E-state index < -0.39 is 28.4 Å². The lowest BCUT2D eigenvalue weighted by Gasteiger charge is -2.27. The summed E-state index contributed by atoms with van der Waals surface area (Å²) in [5, 5.41) is 4.10. The largest absolute Gasteiger partial charge is 0.462 e. The van der Waals surface area contributed by atoms with Crippen molar-refractivity contribution in [3.8, 4) is 0 Å². The second-order valence-electron chi connectivity index (χ2n) is 8.55. The van der Waals surface area contributed by atoms with E-state index in [0.717, 1.165) is 20.8 Å². The lowest BCUT2D eigenvalue weighted by Crippen LogP contribution is -2.38. The molecule has 37 heavy (non-hydrogen) atoms. The molecule has 0 unspecified atom stereocenters. The molecule has 0 bridgehead atoms. The number of carbonyl (C=O) groups is 2. The minimum Gasteiger partial charge on any atom is -0.462 e. The number of hydrogen-bond acceptors (Lipinski definition) is 5. The van der Waals surface area contributed by atoms with Crippen LogP contribution >= 0.6 is 0 Å². The zero-order chi connectivity index (χ0) is 26.6. The normalized spacial score (nSPS) is 11.2. The molecule has 0 aliphatic heterocycles. The predicted octanol–water partition coefficient (Wildman–Crippen LogP) is 5.47. The molecule has 1 N–H and O–H groups in total. The van der Waals surface area contributed by atoms with E-state index in [1.165, 1.54) is 0 Å². The Labute approximate surface area is 216 Å². The summed E-state index contributed by atoms with van der Waals surface area (Å²) in [4.78, 5) is 25.2. The number of carbonyl (C=O) groups excluding carboxylic acids is 2. The van der Waals surface area contributed by atoms with Crippen molar-refractivity contribution >= 4 is 44.0 Å². The second-order valence-corrected chi connectivity index (χ2v) is 10.4. The first kappa shape index (κ1) is 25.9. The molecule has 0 aliphatic rings. The summed E-state index contributed by atoms with van der Waals surface area (Å²) in [7, 11) is -4.12. The van der Waals surface area contributed by atoms with Gasteiger partial charge in [0.25, 0.3) is 10.0 Å². The standard InChI is InChI=1S/C29H28N2O5S/c1-4-36-29(33)23-15-17-24(18-16-23)30-28(32)19-31(26-13-7-9-20(2)21(26)3)37(34,35)27-14-8-11-22-10-5-6-12-25(22)27/h5-18H,4,19H2,1-3H3,(H,30,32). The van der Waals surface area contributed by atoms with Gasteiger partial charge in [0.15, 0.2) is 0 Å². The third kappa shape index (κ3) is 5.49. The van der Waals surface area contributed by atoms with Crippen molar-refractivity contribution in [3.63, 3.8) is 0 Å². The van der Waals surface area contributed by atoms with Crippen molar-refractivity contribution < 1.29 is 22.7 Å². The highest BCUT2D eigenvalue weighted by atomic mass is 32.2. The minimum atomic E-state index is -4.12. The number of sulfonamides is 1. The van der Waals surface area contributed by atoms with Gasteiger partial charge in [-0.2, -0.15) is 0 Å². The fourth-order valence-corrected chi connectivity index (χ4v) is 5.78. The zero-order valence-electron chi connectivity index (χ0n) is 20.9. The first-order valence-corrected chi connectivity index (χ1v) is 13.3. The number of nitrogens with zero attached hydrogens (tertiary/aromatic N) is 1. The van der Waals surface area contributed by atoms with E-state index in [1.54, 1.807) is 67.6 Å². The summed E-state index contributed by atoms with van der Waals surface area (Å²) >= 11 is 0. The van der Waals surface area contributed by atoms with Crippen molar-refractivity contribution in [1.29, 1.82) is 0 Å². The molecule has 4 rings (SSSR count). The number of amides is 1. The Hall–Kier alpha value is -4.17. The van der Waals surface area contributed by atoms with Gasteiger partial charge in [0.2, 0.25) is 5.91 Å². The van der Waals surface area contributed by atoms with Crippen LogP contribution in [-0.4, -0.2) is 33.4 Å². The van der Waals surface area contributed by atoms with Gasteiger partial charge in [-0.1, -0.05) is 48.5 Å². The van der Waals surface area contributed by atoms with Crippen LogP contribution in [0.3, 0.4) is 0 Å². The average Bonchev–Trinajstić information content (AvgIpc) is 2.89. The van der Waals surface area contributed by atoms with Crippen molar-refractivity contribution in [3.05, 3.63) is 102 Å². The number of hydrogen-bond donors (Lipinski definition) is 1. The van der Waals surface area contributed by atoms with Gasteiger partial charge in [-0.05, 0) is 73.7 Å². The van der Waals surface area contributed by atoms with Crippen LogP contribution in [0.1, 0.15) is 28.4 Å². The number of anilines is 2. The van der Waals surface area contributed by atoms with Crippen molar-refractivity contribution in [2.75, 3.05) is 22.8 Å². The van der Waals surface area contributed by atoms with E-state index in [2.05, 4.69) is 5.32 Å². The van der Waals surface area contributed by atoms with Crippen molar-refractivity contribution in [2.45, 2.75) is 25.7 Å². The Kier molecular flexibility index (Phi) is 7.59. The summed E-state index contributed by atoms with van der Waals surface area (Å²) in [6, 6.07) is 24.0. The molecule has 7 nitrogen and oxygen atoms in total. The molecule has 4 aromatic rings. The van der Waals surface area contributed by atoms with Crippen LogP contribution in [-0.2, 0) is 19.6 Å². The highest BCUT2D eigenvalue weighted by molar-refractivity contribution is 7.93. The molecule has 0 spiro atoms. The molecular weight excluding hydrogens is 488 g/mol. The minimum absolute atomic E-state index is 0.123. The van der Waals surface area contributed by atoms with Crippen LogP contribution < -0.4 is 9.62 Å². The Balaban J connectivity index is 1.69. The van der Waals surface area contributed by atoms with Crippen LogP contribution in [0.5, 0.6) is 0 Å². The topological polar surface area (TPSA) is 92.8 Å². The molecular formula is C29H28N2O5S. The van der Waals surface area contributed by atoms with Crippen LogP contribution in [0.15, 0.2) is 89.8 Å². The molecule has 4 aromatic carbocycles. The second kappa shape index (κ2) is 10.8. The molecule has 0 fully saturated rings. The SMILES string of the molecule is CCOC(=O)c1ccc(NC(=O)CN(c2cccc(C)c2C)S(=O)(=O)c2cccc3ccccc23)cc1. The monoisotopic (exact) mass is 516 g/mol. The summed E-state index contributed by atoms with van der Waals surface area (Å²) < 4.78 is 34.3. The molecule has 0 radical (unpaired) electrons. The van der Waals surface area contributed by atoms with Crippen LogP contribution in [0.25, 0.3) is 10.8 Å². The first-order valence-electron chi connectivity index (χ1n) is 11.9. The van der Waals surface area contributed by atoms with E-state index in [-0.39, 0.29) is 11.5 Å². The van der Waals surface area contributed by atoms with Crippen molar-refractivity contribution in [1.82, 2.24) is 0 Å². The maximum absolute atomic E-state index is 14.1. The number of nitrogens with one attached hydrogen (secondary N) is 1. The van der Waals surface area contributed by atoms with Crippen molar-refractivity contribution in [2.24, 2.45) is 0 Å². The first-order chi connectivity index (χ1) is 17.7. The Bertz CT molecular complexity index is 1560. The number of ether oxygens (including phenoxy) is 1. The maximum atomic E-state index is 14.1. The third-order valence-electron chi connectivity index (χ3n) is 6.13. The number of esters is 1. The fourth-order valence-electron chi connectivity index (χ4n) is 4.08. The van der Waals surface area contributed by atoms with Crippen LogP contribution in [0.2, 0.25) is 0 Å². The molecule has 0 saturated carbocycles.